The molecule has 0 saturated heterocycles. The number of rotatable bonds is 7. The molecule has 0 heterocycles. The highest BCUT2D eigenvalue weighted by Crippen LogP contribution is 2.34. The minimum absolute atomic E-state index is 0.0386. The van der Waals surface area contributed by atoms with Crippen molar-refractivity contribution in [3.63, 3.8) is 0 Å². The summed E-state index contributed by atoms with van der Waals surface area (Å²) < 4.78 is 29.0. The molecule has 0 aliphatic heterocycles. The van der Waals surface area contributed by atoms with Gasteiger partial charge in [-0.1, -0.05) is 64.1 Å². The van der Waals surface area contributed by atoms with E-state index in [1.807, 2.05) is 45.9 Å². The monoisotopic (exact) mass is 391 g/mol. The molecular formula is C20H25NO3S2. The topological polar surface area (TPSA) is 63.2 Å². The molecule has 0 aliphatic carbocycles. The Labute approximate surface area is 161 Å². The molecule has 4 nitrogen and oxygen atoms in total. The van der Waals surface area contributed by atoms with Gasteiger partial charge in [-0.05, 0) is 34.6 Å². The molecule has 0 unspecified atom stereocenters. The molecule has 0 radical (unpaired) electrons. The lowest BCUT2D eigenvalue weighted by atomic mass is 9.93. The van der Waals surface area contributed by atoms with Crippen molar-refractivity contribution in [1.29, 1.82) is 0 Å². The predicted octanol–water partition coefficient (Wildman–Crippen LogP) is 4.73. The van der Waals surface area contributed by atoms with Crippen LogP contribution in [0, 0.1) is 0 Å². The molecule has 0 aliphatic rings. The van der Waals surface area contributed by atoms with Crippen LogP contribution in [-0.4, -0.2) is 13.5 Å². The van der Waals surface area contributed by atoms with Gasteiger partial charge in [0.05, 0.1) is 10.6 Å². The van der Waals surface area contributed by atoms with Crippen LogP contribution < -0.4 is 4.72 Å². The van der Waals surface area contributed by atoms with Gasteiger partial charge in [0.1, 0.15) is 0 Å². The van der Waals surface area contributed by atoms with Crippen molar-refractivity contribution in [2.24, 2.45) is 0 Å². The van der Waals surface area contributed by atoms with Gasteiger partial charge in [0.2, 0.25) is 0 Å². The van der Waals surface area contributed by atoms with Crippen molar-refractivity contribution in [1.82, 2.24) is 0 Å². The number of hydrogen-bond donors (Lipinski definition) is 2. The van der Waals surface area contributed by atoms with E-state index in [0.29, 0.717) is 11.3 Å². The summed E-state index contributed by atoms with van der Waals surface area (Å²) in [6, 6.07) is 12.4. The summed E-state index contributed by atoms with van der Waals surface area (Å²) in [5, 5.41) is -0.377. The van der Waals surface area contributed by atoms with Gasteiger partial charge < -0.3 is 0 Å². The fraction of sp³-hybridized carbons (Fsp3) is 0.350. The van der Waals surface area contributed by atoms with Crippen molar-refractivity contribution in [2.75, 3.05) is 4.72 Å². The predicted molar refractivity (Wildman–Crippen MR) is 110 cm³/mol. The Morgan fingerprint density at radius 2 is 1.50 bits per heavy atom. The molecule has 26 heavy (non-hydrogen) atoms. The molecule has 2 aromatic rings. The molecule has 0 bridgehead atoms. The van der Waals surface area contributed by atoms with Gasteiger partial charge >= 0.3 is 0 Å². The molecule has 140 valence electrons. The van der Waals surface area contributed by atoms with Gasteiger partial charge in [0, 0.05) is 6.42 Å². The van der Waals surface area contributed by atoms with Crippen molar-refractivity contribution in [3.8, 4) is 0 Å². The minimum Gasteiger partial charge on any atom is -0.287 e. The number of thiol groups is 1. The first kappa shape index (κ1) is 20.5. The number of nitrogens with one attached hydrogen (secondary N) is 1. The summed E-state index contributed by atoms with van der Waals surface area (Å²) >= 11 is 3.78. The Kier molecular flexibility index (Phi) is 6.53. The van der Waals surface area contributed by atoms with Gasteiger partial charge in [-0.3, -0.25) is 9.52 Å². The first-order chi connectivity index (χ1) is 12.1. The second kappa shape index (κ2) is 8.27. The maximum Gasteiger partial charge on any atom is 0.262 e. The maximum absolute atomic E-state index is 13.1. The molecule has 1 N–H and O–H groups in total. The molecule has 0 fully saturated rings. The number of benzene rings is 2. The third kappa shape index (κ3) is 4.68. The highest BCUT2D eigenvalue weighted by molar-refractivity contribution is 7.96. The van der Waals surface area contributed by atoms with Crippen LogP contribution in [0.15, 0.2) is 47.4 Å². The molecule has 0 saturated carbocycles. The number of carbonyl (C=O) groups is 1. The van der Waals surface area contributed by atoms with E-state index in [0.717, 1.165) is 11.1 Å². The number of carbonyl (C=O) groups excluding carboxylic acids is 1. The quantitative estimate of drug-likeness (QED) is 0.671. The number of hydrogen-bond acceptors (Lipinski definition) is 3. The van der Waals surface area contributed by atoms with Crippen LogP contribution in [0.25, 0.3) is 0 Å². The minimum atomic E-state index is -3.84. The van der Waals surface area contributed by atoms with Gasteiger partial charge in [-0.2, -0.15) is 0 Å². The Morgan fingerprint density at radius 1 is 0.962 bits per heavy atom. The third-order valence-corrected chi connectivity index (χ3v) is 5.82. The van der Waals surface area contributed by atoms with E-state index in [1.54, 1.807) is 18.2 Å². The smallest absolute Gasteiger partial charge is 0.262 e. The summed E-state index contributed by atoms with van der Waals surface area (Å²) in [6.45, 7) is 8.13. The SMILES string of the molecule is CC(C)c1cccc(C(C)C)c1NS(=O)(=O)c1ccccc1CC(=O)S. The molecule has 2 rings (SSSR count). The van der Waals surface area contributed by atoms with Crippen molar-refractivity contribution in [3.05, 3.63) is 59.2 Å². The van der Waals surface area contributed by atoms with E-state index >= 15 is 0 Å². The highest BCUT2D eigenvalue weighted by Gasteiger charge is 2.23. The zero-order valence-corrected chi connectivity index (χ0v) is 17.2. The van der Waals surface area contributed by atoms with Gasteiger partial charge in [-0.25, -0.2) is 8.42 Å². The van der Waals surface area contributed by atoms with E-state index in [4.69, 9.17) is 0 Å². The molecule has 6 heteroatoms. The van der Waals surface area contributed by atoms with Gasteiger partial charge in [0.15, 0.2) is 5.12 Å². The normalized spacial score (nSPS) is 11.8. The molecule has 0 aromatic heterocycles. The first-order valence-corrected chi connectivity index (χ1v) is 10.5. The van der Waals surface area contributed by atoms with E-state index in [2.05, 4.69) is 17.4 Å². The van der Waals surface area contributed by atoms with Crippen LogP contribution in [0.1, 0.15) is 56.2 Å². The summed E-state index contributed by atoms with van der Waals surface area (Å²) in [5.41, 5.74) is 2.96. The van der Waals surface area contributed by atoms with Gasteiger partial charge in [-0.15, -0.1) is 12.6 Å². The van der Waals surface area contributed by atoms with E-state index in [-0.39, 0.29) is 28.3 Å². The summed E-state index contributed by atoms with van der Waals surface area (Å²) in [5.74, 6) is 0.335. The lowest BCUT2D eigenvalue weighted by molar-refractivity contribution is -0.110. The molecule has 0 atom stereocenters. The average molecular weight is 392 g/mol. The summed E-state index contributed by atoms with van der Waals surface area (Å²) in [4.78, 5) is 11.5. The largest absolute Gasteiger partial charge is 0.287 e. The van der Waals surface area contributed by atoms with Crippen LogP contribution in [0.2, 0.25) is 0 Å². The Morgan fingerprint density at radius 3 is 2.00 bits per heavy atom. The second-order valence-electron chi connectivity index (χ2n) is 6.90. The number of anilines is 1. The Hall–Kier alpha value is -1.79. The third-order valence-electron chi connectivity index (χ3n) is 4.21. The zero-order valence-electron chi connectivity index (χ0n) is 15.5. The van der Waals surface area contributed by atoms with E-state index < -0.39 is 10.0 Å². The second-order valence-corrected chi connectivity index (χ2v) is 9.05. The Balaban J connectivity index is 2.57. The lowest BCUT2D eigenvalue weighted by Crippen LogP contribution is -2.18. The van der Waals surface area contributed by atoms with Crippen LogP contribution in [0.4, 0.5) is 5.69 Å². The Bertz CT molecular complexity index is 877. The van der Waals surface area contributed by atoms with Crippen LogP contribution >= 0.6 is 12.6 Å². The highest BCUT2D eigenvalue weighted by atomic mass is 32.2. The van der Waals surface area contributed by atoms with Crippen molar-refractivity contribution < 1.29 is 13.2 Å². The number of sulfonamides is 1. The molecule has 0 amide bonds. The molecule has 2 aromatic carbocycles. The summed E-state index contributed by atoms with van der Waals surface area (Å²) in [6.07, 6.45) is -0.0386. The van der Waals surface area contributed by atoms with Crippen LogP contribution in [0.5, 0.6) is 0 Å². The number of para-hydroxylation sites is 1. The van der Waals surface area contributed by atoms with Crippen LogP contribution in [-0.2, 0) is 21.2 Å². The van der Waals surface area contributed by atoms with Crippen molar-refractivity contribution >= 4 is 33.5 Å². The van der Waals surface area contributed by atoms with E-state index in [9.17, 15) is 13.2 Å². The lowest BCUT2D eigenvalue weighted by Gasteiger charge is -2.21. The fourth-order valence-electron chi connectivity index (χ4n) is 2.93. The standard InChI is InChI=1S/C20H25NO3S2/c1-13(2)16-9-7-10-17(14(3)4)20(16)21-26(23,24)18-11-6-5-8-15(18)12-19(22)25/h5-11,13-14,21H,12H2,1-4H3,(H,22,25). The average Bonchev–Trinajstić information content (AvgIpc) is 2.54. The summed E-state index contributed by atoms with van der Waals surface area (Å²) in [7, 11) is -3.84. The van der Waals surface area contributed by atoms with Gasteiger partial charge in [0.25, 0.3) is 10.0 Å². The molecule has 0 spiro atoms. The van der Waals surface area contributed by atoms with Crippen molar-refractivity contribution in [2.45, 2.75) is 50.8 Å². The zero-order chi connectivity index (χ0) is 19.5. The van der Waals surface area contributed by atoms with Crippen LogP contribution in [0.3, 0.4) is 0 Å². The first-order valence-electron chi connectivity index (χ1n) is 8.58. The maximum atomic E-state index is 13.1. The molecular weight excluding hydrogens is 366 g/mol. The fourth-order valence-corrected chi connectivity index (χ4v) is 4.46. The van der Waals surface area contributed by atoms with E-state index in [1.165, 1.54) is 6.07 Å².